The third kappa shape index (κ3) is 8.96. The molecule has 2 unspecified atom stereocenters. The van der Waals surface area contributed by atoms with Crippen molar-refractivity contribution in [2.45, 2.75) is 84.5 Å². The van der Waals surface area contributed by atoms with Crippen LogP contribution in [-0.4, -0.2) is 40.0 Å². The summed E-state index contributed by atoms with van der Waals surface area (Å²) >= 11 is 6.51. The van der Waals surface area contributed by atoms with E-state index in [4.69, 9.17) is 16.3 Å². The molecule has 0 aliphatic rings. The van der Waals surface area contributed by atoms with Crippen LogP contribution in [0.25, 0.3) is 6.08 Å². The van der Waals surface area contributed by atoms with Crippen molar-refractivity contribution in [2.24, 2.45) is 0 Å². The molecule has 0 heterocycles. The standard InChI is InChI=1S/C36H44ClN3O4/c1-9-25-19-15-20-27(22-25)31(32(41)39-30-24(3)16-14-21-28(30)37)40(36(7,8)10-2)33(42)29(23-26-17-12-11-13-18-26)38-34(43)44-35(4,5)6/h9,11-22,29,31H,1,10,23H2,2-8H3,(H,38,43)(H,39,41). The number of hydrogen-bond donors (Lipinski definition) is 2. The van der Waals surface area contributed by atoms with Gasteiger partial charge in [-0.25, -0.2) is 4.79 Å². The van der Waals surface area contributed by atoms with E-state index in [0.717, 1.165) is 16.7 Å². The fraction of sp³-hybridized carbons (Fsp3) is 0.361. The average molecular weight is 618 g/mol. The van der Waals surface area contributed by atoms with Gasteiger partial charge in [0.1, 0.15) is 17.7 Å². The Morgan fingerprint density at radius 2 is 1.64 bits per heavy atom. The van der Waals surface area contributed by atoms with Crippen molar-refractivity contribution in [1.82, 2.24) is 10.2 Å². The summed E-state index contributed by atoms with van der Waals surface area (Å²) in [7, 11) is 0. The Balaban J connectivity index is 2.19. The number of aryl methyl sites for hydroxylation is 1. The van der Waals surface area contributed by atoms with Gasteiger partial charge in [0.25, 0.3) is 5.91 Å². The molecule has 0 fully saturated rings. The number of nitrogens with zero attached hydrogens (tertiary/aromatic N) is 1. The summed E-state index contributed by atoms with van der Waals surface area (Å²) < 4.78 is 5.55. The van der Waals surface area contributed by atoms with Crippen molar-refractivity contribution < 1.29 is 19.1 Å². The second-order valence-corrected chi connectivity index (χ2v) is 12.9. The zero-order valence-corrected chi connectivity index (χ0v) is 27.5. The van der Waals surface area contributed by atoms with Gasteiger partial charge in [-0.05, 0) is 82.3 Å². The van der Waals surface area contributed by atoms with Gasteiger partial charge < -0.3 is 20.3 Å². The van der Waals surface area contributed by atoms with Crippen LogP contribution in [0.3, 0.4) is 0 Å². The highest BCUT2D eigenvalue weighted by molar-refractivity contribution is 6.34. The molecular formula is C36H44ClN3O4. The van der Waals surface area contributed by atoms with Gasteiger partial charge in [-0.1, -0.05) is 91.8 Å². The molecule has 8 heteroatoms. The first-order chi connectivity index (χ1) is 20.7. The van der Waals surface area contributed by atoms with Crippen LogP contribution in [0.2, 0.25) is 5.02 Å². The normalized spacial score (nSPS) is 12.9. The van der Waals surface area contributed by atoms with Crippen molar-refractivity contribution in [1.29, 1.82) is 0 Å². The number of carbonyl (C=O) groups is 3. The Morgan fingerprint density at radius 3 is 2.23 bits per heavy atom. The van der Waals surface area contributed by atoms with E-state index in [2.05, 4.69) is 17.2 Å². The van der Waals surface area contributed by atoms with E-state index in [1.54, 1.807) is 37.8 Å². The molecule has 0 saturated heterocycles. The van der Waals surface area contributed by atoms with E-state index >= 15 is 0 Å². The summed E-state index contributed by atoms with van der Waals surface area (Å²) in [6.45, 7) is 16.8. The highest BCUT2D eigenvalue weighted by atomic mass is 35.5. The lowest BCUT2D eigenvalue weighted by Crippen LogP contribution is -2.59. The smallest absolute Gasteiger partial charge is 0.408 e. The third-order valence-electron chi connectivity index (χ3n) is 7.47. The van der Waals surface area contributed by atoms with Crippen LogP contribution in [0, 0.1) is 6.92 Å². The highest BCUT2D eigenvalue weighted by Gasteiger charge is 2.43. The number of nitrogens with one attached hydrogen (secondary N) is 2. The van der Waals surface area contributed by atoms with E-state index < -0.39 is 41.1 Å². The number of anilines is 1. The average Bonchev–Trinajstić information content (AvgIpc) is 2.96. The second-order valence-electron chi connectivity index (χ2n) is 12.5. The Labute approximate surface area is 266 Å². The third-order valence-corrected chi connectivity index (χ3v) is 7.78. The molecule has 0 aromatic heterocycles. The Morgan fingerprint density at radius 1 is 0.977 bits per heavy atom. The second kappa shape index (κ2) is 14.6. The van der Waals surface area contributed by atoms with Crippen LogP contribution in [0.15, 0.2) is 79.4 Å². The molecule has 0 aliphatic heterocycles. The van der Waals surface area contributed by atoms with Gasteiger partial charge in [0.05, 0.1) is 10.7 Å². The molecule has 2 N–H and O–H groups in total. The van der Waals surface area contributed by atoms with Crippen molar-refractivity contribution in [3.63, 3.8) is 0 Å². The maximum atomic E-state index is 14.8. The maximum Gasteiger partial charge on any atom is 0.408 e. The lowest BCUT2D eigenvalue weighted by atomic mass is 9.90. The molecule has 3 aromatic carbocycles. The molecule has 2 atom stereocenters. The minimum atomic E-state index is -1.08. The predicted molar refractivity (Wildman–Crippen MR) is 179 cm³/mol. The number of hydrogen-bond acceptors (Lipinski definition) is 4. The summed E-state index contributed by atoms with van der Waals surface area (Å²) in [6.07, 6.45) is 1.69. The number of benzene rings is 3. The molecule has 3 amide bonds. The Bertz CT molecular complexity index is 1460. The van der Waals surface area contributed by atoms with Crippen LogP contribution in [-0.2, 0) is 20.7 Å². The first-order valence-electron chi connectivity index (χ1n) is 14.8. The van der Waals surface area contributed by atoms with E-state index in [0.29, 0.717) is 22.7 Å². The van der Waals surface area contributed by atoms with Gasteiger partial charge in [0, 0.05) is 12.0 Å². The Hall–Kier alpha value is -4.10. The molecule has 0 saturated carbocycles. The monoisotopic (exact) mass is 617 g/mol. The minimum Gasteiger partial charge on any atom is -0.444 e. The van der Waals surface area contributed by atoms with Crippen LogP contribution < -0.4 is 10.6 Å². The fourth-order valence-electron chi connectivity index (χ4n) is 4.87. The molecule has 3 aromatic rings. The summed E-state index contributed by atoms with van der Waals surface area (Å²) in [5.41, 5.74) is 1.90. The van der Waals surface area contributed by atoms with Gasteiger partial charge in [0.15, 0.2) is 0 Å². The summed E-state index contributed by atoms with van der Waals surface area (Å²) in [5, 5.41) is 6.20. The molecular weight excluding hydrogens is 574 g/mol. The fourth-order valence-corrected chi connectivity index (χ4v) is 5.14. The van der Waals surface area contributed by atoms with Crippen molar-refractivity contribution in [2.75, 3.05) is 5.32 Å². The molecule has 7 nitrogen and oxygen atoms in total. The van der Waals surface area contributed by atoms with Gasteiger partial charge in [-0.3, -0.25) is 9.59 Å². The minimum absolute atomic E-state index is 0.194. The quantitative estimate of drug-likeness (QED) is 0.227. The molecule has 234 valence electrons. The molecule has 0 aliphatic carbocycles. The summed E-state index contributed by atoms with van der Waals surface area (Å²) in [6, 6.07) is 20.1. The van der Waals surface area contributed by atoms with Crippen LogP contribution in [0.5, 0.6) is 0 Å². The number of halogens is 1. The van der Waals surface area contributed by atoms with E-state index in [-0.39, 0.29) is 6.42 Å². The molecule has 0 bridgehead atoms. The zero-order chi connectivity index (χ0) is 32.7. The van der Waals surface area contributed by atoms with Crippen LogP contribution >= 0.6 is 11.6 Å². The van der Waals surface area contributed by atoms with Gasteiger partial charge >= 0.3 is 6.09 Å². The lowest BCUT2D eigenvalue weighted by molar-refractivity contribution is -0.147. The molecule has 3 rings (SSSR count). The lowest BCUT2D eigenvalue weighted by Gasteiger charge is -2.44. The number of alkyl carbamates (subject to hydrolysis) is 1. The number of ether oxygens (including phenoxy) is 1. The number of rotatable bonds is 11. The SMILES string of the molecule is C=Cc1cccc(C(C(=O)Nc2c(C)cccc2Cl)N(C(=O)C(Cc2ccccc2)NC(=O)OC(C)(C)C)C(C)(C)CC)c1. The number of para-hydroxylation sites is 1. The van der Waals surface area contributed by atoms with E-state index in [9.17, 15) is 14.4 Å². The largest absolute Gasteiger partial charge is 0.444 e. The Kier molecular flexibility index (Phi) is 11.4. The molecule has 0 spiro atoms. The topological polar surface area (TPSA) is 87.7 Å². The van der Waals surface area contributed by atoms with Crippen molar-refractivity contribution >= 4 is 41.3 Å². The predicted octanol–water partition coefficient (Wildman–Crippen LogP) is 8.12. The summed E-state index contributed by atoms with van der Waals surface area (Å²) in [4.78, 5) is 43.9. The molecule has 0 radical (unpaired) electrons. The zero-order valence-electron chi connectivity index (χ0n) is 26.7. The van der Waals surface area contributed by atoms with Gasteiger partial charge in [-0.2, -0.15) is 0 Å². The van der Waals surface area contributed by atoms with Gasteiger partial charge in [-0.15, -0.1) is 0 Å². The number of amides is 3. The van der Waals surface area contributed by atoms with E-state index in [1.165, 1.54) is 0 Å². The maximum absolute atomic E-state index is 14.8. The van der Waals surface area contributed by atoms with Crippen LogP contribution in [0.4, 0.5) is 10.5 Å². The van der Waals surface area contributed by atoms with Crippen molar-refractivity contribution in [3.8, 4) is 0 Å². The summed E-state index contributed by atoms with van der Waals surface area (Å²) in [5.74, 6) is -0.861. The molecule has 44 heavy (non-hydrogen) atoms. The first-order valence-corrected chi connectivity index (χ1v) is 15.2. The number of carbonyl (C=O) groups excluding carboxylic acids is 3. The highest BCUT2D eigenvalue weighted by Crippen LogP contribution is 2.35. The van der Waals surface area contributed by atoms with Gasteiger partial charge in [0.2, 0.25) is 5.91 Å². The first kappa shape index (κ1) is 34.4. The van der Waals surface area contributed by atoms with Crippen molar-refractivity contribution in [3.05, 3.63) is 107 Å². The van der Waals surface area contributed by atoms with Crippen LogP contribution in [0.1, 0.15) is 76.3 Å². The van der Waals surface area contributed by atoms with E-state index in [1.807, 2.05) is 94.4 Å².